The van der Waals surface area contributed by atoms with Crippen molar-refractivity contribution in [2.45, 2.75) is 0 Å². The molecule has 0 N–H and O–H groups in total. The van der Waals surface area contributed by atoms with E-state index in [1.807, 2.05) is 54.6 Å². The molecule has 1 aliphatic heterocycles. The average molecular weight is 447 g/mol. The first-order chi connectivity index (χ1) is 13.1. The number of alkyl halides is 1. The summed E-state index contributed by atoms with van der Waals surface area (Å²) in [6, 6.07) is 17.8. The van der Waals surface area contributed by atoms with Crippen LogP contribution >= 0.6 is 15.9 Å². The maximum absolute atomic E-state index is 12.1. The summed E-state index contributed by atoms with van der Waals surface area (Å²) in [7, 11) is -3.23. The van der Waals surface area contributed by atoms with Crippen LogP contribution in [0.5, 0.6) is 0 Å². The van der Waals surface area contributed by atoms with E-state index in [1.165, 1.54) is 4.31 Å². The number of anilines is 1. The van der Waals surface area contributed by atoms with Crippen LogP contribution in [-0.4, -0.2) is 53.5 Å². The minimum Gasteiger partial charge on any atom is -0.353 e. The van der Waals surface area contributed by atoms with Crippen molar-refractivity contribution in [1.29, 1.82) is 0 Å². The van der Waals surface area contributed by atoms with Crippen LogP contribution in [0.4, 0.5) is 5.82 Å². The van der Waals surface area contributed by atoms with Gasteiger partial charge in [0, 0.05) is 37.1 Å². The Kier molecular flexibility index (Phi) is 5.12. The molecule has 1 aliphatic rings. The van der Waals surface area contributed by atoms with Crippen molar-refractivity contribution in [3.05, 3.63) is 54.6 Å². The topological polar surface area (TPSA) is 66.4 Å². The number of piperazine rings is 1. The number of para-hydroxylation sites is 1. The third-order valence-electron chi connectivity index (χ3n) is 4.68. The van der Waals surface area contributed by atoms with Crippen molar-refractivity contribution in [1.82, 2.24) is 14.3 Å². The molecule has 0 radical (unpaired) electrons. The molecule has 27 heavy (non-hydrogen) atoms. The van der Waals surface area contributed by atoms with Crippen LogP contribution in [0.2, 0.25) is 0 Å². The Labute approximate surface area is 167 Å². The van der Waals surface area contributed by atoms with Gasteiger partial charge in [-0.05, 0) is 12.1 Å². The molecular weight excluding hydrogens is 428 g/mol. The van der Waals surface area contributed by atoms with E-state index in [-0.39, 0.29) is 4.66 Å². The molecule has 1 saturated heterocycles. The molecule has 0 aliphatic carbocycles. The van der Waals surface area contributed by atoms with Gasteiger partial charge in [-0.1, -0.05) is 58.4 Å². The number of benzene rings is 2. The number of nitrogens with zero attached hydrogens (tertiary/aromatic N) is 4. The lowest BCUT2D eigenvalue weighted by Crippen LogP contribution is -2.49. The third-order valence-corrected chi connectivity index (χ3v) is 7.85. The summed E-state index contributed by atoms with van der Waals surface area (Å²) in [6.45, 7) is 2.10. The summed E-state index contributed by atoms with van der Waals surface area (Å²) >= 11 is 3.07. The van der Waals surface area contributed by atoms with Crippen molar-refractivity contribution in [3.8, 4) is 11.4 Å². The van der Waals surface area contributed by atoms with Crippen LogP contribution in [-0.2, 0) is 10.0 Å². The lowest BCUT2D eigenvalue weighted by Gasteiger charge is -2.34. The van der Waals surface area contributed by atoms with Crippen LogP contribution in [0.25, 0.3) is 22.3 Å². The zero-order valence-electron chi connectivity index (χ0n) is 14.6. The Balaban J connectivity index is 1.71. The Morgan fingerprint density at radius 3 is 2.26 bits per heavy atom. The predicted molar refractivity (Wildman–Crippen MR) is 111 cm³/mol. The molecule has 0 atom stereocenters. The standard InChI is InChI=1S/C19H19BrN4O2S/c20-14-27(25,26)24-12-10-23(11-13-24)19-16-8-4-5-9-17(16)21-18(22-19)15-6-2-1-3-7-15/h1-9H,10-14H2. The fourth-order valence-electron chi connectivity index (χ4n) is 3.26. The fourth-order valence-corrected chi connectivity index (χ4v) is 4.99. The highest BCUT2D eigenvalue weighted by molar-refractivity contribution is 9.10. The smallest absolute Gasteiger partial charge is 0.224 e. The van der Waals surface area contributed by atoms with Crippen molar-refractivity contribution in [3.63, 3.8) is 0 Å². The van der Waals surface area contributed by atoms with E-state index in [1.54, 1.807) is 0 Å². The predicted octanol–water partition coefficient (Wildman–Crippen LogP) is 3.10. The van der Waals surface area contributed by atoms with Crippen LogP contribution in [0.1, 0.15) is 0 Å². The first-order valence-electron chi connectivity index (χ1n) is 8.69. The number of aromatic nitrogens is 2. The first kappa shape index (κ1) is 18.3. The van der Waals surface area contributed by atoms with Crippen LogP contribution in [0.3, 0.4) is 0 Å². The summed E-state index contributed by atoms with van der Waals surface area (Å²) in [5.74, 6) is 1.54. The monoisotopic (exact) mass is 446 g/mol. The van der Waals surface area contributed by atoms with Gasteiger partial charge in [-0.15, -0.1) is 0 Å². The molecule has 140 valence electrons. The van der Waals surface area contributed by atoms with Gasteiger partial charge < -0.3 is 4.90 Å². The van der Waals surface area contributed by atoms with Crippen LogP contribution in [0, 0.1) is 0 Å². The van der Waals surface area contributed by atoms with Gasteiger partial charge in [0.2, 0.25) is 10.0 Å². The Bertz CT molecular complexity index is 1050. The zero-order valence-corrected chi connectivity index (χ0v) is 17.0. The first-order valence-corrected chi connectivity index (χ1v) is 11.4. The quantitative estimate of drug-likeness (QED) is 0.576. The van der Waals surface area contributed by atoms with Gasteiger partial charge in [-0.2, -0.15) is 4.31 Å². The summed E-state index contributed by atoms with van der Waals surface area (Å²) in [5, 5.41) is 0.981. The largest absolute Gasteiger partial charge is 0.353 e. The van der Waals surface area contributed by atoms with Gasteiger partial charge in [-0.25, -0.2) is 18.4 Å². The van der Waals surface area contributed by atoms with E-state index < -0.39 is 10.0 Å². The van der Waals surface area contributed by atoms with Gasteiger partial charge in [0.05, 0.1) is 5.52 Å². The highest BCUT2D eigenvalue weighted by atomic mass is 79.9. The van der Waals surface area contributed by atoms with Crippen LogP contribution in [0.15, 0.2) is 54.6 Å². The molecule has 2 heterocycles. The maximum atomic E-state index is 12.1. The van der Waals surface area contributed by atoms with Gasteiger partial charge in [0.25, 0.3) is 0 Å². The lowest BCUT2D eigenvalue weighted by atomic mass is 10.1. The van der Waals surface area contributed by atoms with E-state index in [9.17, 15) is 8.42 Å². The van der Waals surface area contributed by atoms with E-state index in [4.69, 9.17) is 9.97 Å². The molecule has 1 fully saturated rings. The Morgan fingerprint density at radius 1 is 0.889 bits per heavy atom. The number of hydrogen-bond acceptors (Lipinski definition) is 5. The third kappa shape index (κ3) is 3.69. The molecule has 0 spiro atoms. The van der Waals surface area contributed by atoms with Gasteiger partial charge in [0.15, 0.2) is 5.82 Å². The number of halogens is 1. The molecule has 3 aromatic rings. The van der Waals surface area contributed by atoms with Gasteiger partial charge in [0.1, 0.15) is 10.5 Å². The highest BCUT2D eigenvalue weighted by Crippen LogP contribution is 2.28. The molecule has 0 saturated carbocycles. The molecule has 6 nitrogen and oxygen atoms in total. The molecule has 0 unspecified atom stereocenters. The fraction of sp³-hybridized carbons (Fsp3) is 0.263. The molecule has 1 aromatic heterocycles. The number of fused-ring (bicyclic) bond motifs is 1. The van der Waals surface area contributed by atoms with Crippen LogP contribution < -0.4 is 4.90 Å². The normalized spacial score (nSPS) is 16.0. The summed E-state index contributed by atoms with van der Waals surface area (Å²) in [4.78, 5) is 11.7. The van der Waals surface area contributed by atoms with Crippen molar-refractivity contribution in [2.24, 2.45) is 0 Å². The second kappa shape index (κ2) is 7.53. The summed E-state index contributed by atoms with van der Waals surface area (Å²) in [6.07, 6.45) is 0. The van der Waals surface area contributed by atoms with Gasteiger partial charge in [-0.3, -0.25) is 0 Å². The summed E-state index contributed by atoms with van der Waals surface area (Å²) < 4.78 is 25.6. The second-order valence-corrected chi connectivity index (χ2v) is 9.63. The molecular formula is C19H19BrN4O2S. The second-order valence-electron chi connectivity index (χ2n) is 6.36. The van der Waals surface area contributed by atoms with Crippen molar-refractivity contribution < 1.29 is 8.42 Å². The van der Waals surface area contributed by atoms with Crippen molar-refractivity contribution >= 4 is 42.7 Å². The number of rotatable bonds is 4. The molecule has 4 rings (SSSR count). The SMILES string of the molecule is O=S(=O)(CBr)N1CCN(c2nc(-c3ccccc3)nc3ccccc23)CC1. The minimum atomic E-state index is -3.23. The van der Waals surface area contributed by atoms with E-state index in [0.717, 1.165) is 22.3 Å². The Morgan fingerprint density at radius 2 is 1.56 bits per heavy atom. The number of hydrogen-bond donors (Lipinski definition) is 0. The van der Waals surface area contributed by atoms with E-state index >= 15 is 0 Å². The zero-order chi connectivity index (χ0) is 18.9. The average Bonchev–Trinajstić information content (AvgIpc) is 2.73. The Hall–Kier alpha value is -2.03. The molecule has 0 bridgehead atoms. The highest BCUT2D eigenvalue weighted by Gasteiger charge is 2.27. The number of sulfonamides is 1. The lowest BCUT2D eigenvalue weighted by molar-refractivity contribution is 0.387. The molecule has 2 aromatic carbocycles. The minimum absolute atomic E-state index is 0.0470. The maximum Gasteiger partial charge on any atom is 0.224 e. The molecule has 0 amide bonds. The van der Waals surface area contributed by atoms with Gasteiger partial charge >= 0.3 is 0 Å². The van der Waals surface area contributed by atoms with Crippen molar-refractivity contribution in [2.75, 3.05) is 35.7 Å². The summed E-state index contributed by atoms with van der Waals surface area (Å²) in [5.41, 5.74) is 1.85. The van der Waals surface area contributed by atoms with E-state index in [2.05, 4.69) is 20.8 Å². The molecule has 8 heteroatoms. The van der Waals surface area contributed by atoms with E-state index in [0.29, 0.717) is 32.0 Å².